The molecule has 0 bridgehead atoms. The van der Waals surface area contributed by atoms with Gasteiger partial charge in [-0.25, -0.2) is 0 Å². The Bertz CT molecular complexity index is 601. The van der Waals surface area contributed by atoms with E-state index in [0.717, 1.165) is 16.0 Å². The molecule has 1 N–H and O–H groups in total. The van der Waals surface area contributed by atoms with Gasteiger partial charge in [-0.2, -0.15) is 0 Å². The molecule has 5 nitrogen and oxygen atoms in total. The number of aromatic nitrogens is 1. The second-order valence-corrected chi connectivity index (χ2v) is 4.92. The van der Waals surface area contributed by atoms with Crippen molar-refractivity contribution in [2.24, 2.45) is 0 Å². The molecule has 18 heavy (non-hydrogen) atoms. The molecule has 0 aliphatic heterocycles. The van der Waals surface area contributed by atoms with Gasteiger partial charge < -0.3 is 5.11 Å². The van der Waals surface area contributed by atoms with Gasteiger partial charge in [0.1, 0.15) is 0 Å². The number of thioether (sulfide) groups is 1. The lowest BCUT2D eigenvalue weighted by molar-refractivity contribution is -0.383. The lowest BCUT2D eigenvalue weighted by Gasteiger charge is -2.06. The van der Waals surface area contributed by atoms with E-state index >= 15 is 0 Å². The standard InChI is InChI=1S/C12H12N2O3S/c1-8-6-9-10(7-13-8)11(14(16)17)2-3-12(9)18-5-4-15/h2-3,6-7,15H,4-5H2,1H3. The Morgan fingerprint density at radius 1 is 1.44 bits per heavy atom. The number of pyridine rings is 1. The van der Waals surface area contributed by atoms with Gasteiger partial charge in [0.15, 0.2) is 0 Å². The molecule has 2 aromatic rings. The number of hydrogen-bond donors (Lipinski definition) is 1. The van der Waals surface area contributed by atoms with Crippen LogP contribution >= 0.6 is 11.8 Å². The normalized spacial score (nSPS) is 10.8. The van der Waals surface area contributed by atoms with Crippen molar-refractivity contribution in [1.29, 1.82) is 0 Å². The maximum Gasteiger partial charge on any atom is 0.278 e. The summed E-state index contributed by atoms with van der Waals surface area (Å²) in [6.45, 7) is 1.92. The summed E-state index contributed by atoms with van der Waals surface area (Å²) in [6, 6.07) is 5.04. The van der Waals surface area contributed by atoms with Crippen LogP contribution in [0.3, 0.4) is 0 Å². The summed E-state index contributed by atoms with van der Waals surface area (Å²) in [5.74, 6) is 0.564. The minimum atomic E-state index is -0.403. The first-order valence-corrected chi connectivity index (χ1v) is 6.39. The Morgan fingerprint density at radius 3 is 2.89 bits per heavy atom. The molecule has 1 aromatic heterocycles. The van der Waals surface area contributed by atoms with E-state index in [2.05, 4.69) is 4.98 Å². The molecule has 0 spiro atoms. The van der Waals surface area contributed by atoms with Gasteiger partial charge in [-0.05, 0) is 19.1 Å². The minimum Gasteiger partial charge on any atom is -0.396 e. The highest BCUT2D eigenvalue weighted by Gasteiger charge is 2.14. The number of aliphatic hydroxyl groups excluding tert-OH is 1. The van der Waals surface area contributed by atoms with Crippen LogP contribution in [0.4, 0.5) is 5.69 Å². The highest BCUT2D eigenvalue weighted by molar-refractivity contribution is 7.99. The van der Waals surface area contributed by atoms with Gasteiger partial charge in [-0.15, -0.1) is 11.8 Å². The van der Waals surface area contributed by atoms with Crippen LogP contribution in [0.5, 0.6) is 0 Å². The van der Waals surface area contributed by atoms with Gasteiger partial charge in [0, 0.05) is 34.0 Å². The van der Waals surface area contributed by atoms with E-state index in [4.69, 9.17) is 5.11 Å². The molecule has 0 atom stereocenters. The molecule has 0 fully saturated rings. The van der Waals surface area contributed by atoms with E-state index in [9.17, 15) is 10.1 Å². The lowest BCUT2D eigenvalue weighted by atomic mass is 10.1. The average Bonchev–Trinajstić information content (AvgIpc) is 2.35. The van der Waals surface area contributed by atoms with Crippen molar-refractivity contribution >= 4 is 28.2 Å². The summed E-state index contributed by atoms with van der Waals surface area (Å²) in [5, 5.41) is 21.2. The van der Waals surface area contributed by atoms with Gasteiger partial charge in [0.05, 0.1) is 16.9 Å². The molecule has 1 heterocycles. The Labute approximate surface area is 108 Å². The summed E-state index contributed by atoms with van der Waals surface area (Å²) in [5.41, 5.74) is 0.875. The molecule has 1 aromatic carbocycles. The molecule has 0 saturated heterocycles. The molecule has 2 rings (SSSR count). The van der Waals surface area contributed by atoms with Gasteiger partial charge in [-0.1, -0.05) is 0 Å². The van der Waals surface area contributed by atoms with Crippen molar-refractivity contribution in [2.45, 2.75) is 11.8 Å². The van der Waals surface area contributed by atoms with E-state index in [1.54, 1.807) is 6.07 Å². The summed E-state index contributed by atoms with van der Waals surface area (Å²) >= 11 is 1.48. The van der Waals surface area contributed by atoms with Gasteiger partial charge in [0.2, 0.25) is 0 Å². The molecule has 0 saturated carbocycles. The van der Waals surface area contributed by atoms with Crippen LogP contribution in [-0.2, 0) is 0 Å². The summed E-state index contributed by atoms with van der Waals surface area (Å²) < 4.78 is 0. The lowest BCUT2D eigenvalue weighted by Crippen LogP contribution is -1.93. The van der Waals surface area contributed by atoms with Crippen LogP contribution in [-0.4, -0.2) is 27.4 Å². The van der Waals surface area contributed by atoms with Crippen LogP contribution in [0.25, 0.3) is 10.8 Å². The minimum absolute atomic E-state index is 0.0610. The third kappa shape index (κ3) is 2.44. The SMILES string of the molecule is Cc1cc2c(SCCO)ccc([N+](=O)[O-])c2cn1. The van der Waals surface area contributed by atoms with E-state index < -0.39 is 4.92 Å². The first kappa shape index (κ1) is 12.8. The highest BCUT2D eigenvalue weighted by atomic mass is 32.2. The maximum absolute atomic E-state index is 11.0. The molecule has 0 aliphatic carbocycles. The zero-order valence-electron chi connectivity index (χ0n) is 9.79. The van der Waals surface area contributed by atoms with Gasteiger partial charge in [0.25, 0.3) is 5.69 Å². The number of nitrogens with zero attached hydrogens (tertiary/aromatic N) is 2. The fourth-order valence-corrected chi connectivity index (χ4v) is 2.54. The zero-order valence-corrected chi connectivity index (χ0v) is 10.6. The Morgan fingerprint density at radius 2 is 2.22 bits per heavy atom. The van der Waals surface area contributed by atoms with Crippen molar-refractivity contribution in [3.05, 3.63) is 40.2 Å². The second kappa shape index (κ2) is 5.32. The van der Waals surface area contributed by atoms with Crippen LogP contribution in [0.1, 0.15) is 5.69 Å². The Kier molecular flexibility index (Phi) is 3.78. The van der Waals surface area contributed by atoms with E-state index in [1.807, 2.05) is 13.0 Å². The monoisotopic (exact) mass is 264 g/mol. The summed E-state index contributed by atoms with van der Waals surface area (Å²) in [7, 11) is 0. The fraction of sp³-hybridized carbons (Fsp3) is 0.250. The van der Waals surface area contributed by atoms with Crippen LogP contribution in [0, 0.1) is 17.0 Å². The molecule has 0 amide bonds. The number of hydrogen-bond acceptors (Lipinski definition) is 5. The predicted octanol–water partition coefficient (Wildman–Crippen LogP) is 2.54. The first-order valence-electron chi connectivity index (χ1n) is 5.41. The van der Waals surface area contributed by atoms with Crippen molar-refractivity contribution in [3.63, 3.8) is 0 Å². The molecular weight excluding hydrogens is 252 g/mol. The number of non-ortho nitro benzene ring substituents is 1. The molecule has 0 radical (unpaired) electrons. The second-order valence-electron chi connectivity index (χ2n) is 3.78. The molecular formula is C12H12N2O3S. The van der Waals surface area contributed by atoms with Crippen LogP contribution in [0.2, 0.25) is 0 Å². The topological polar surface area (TPSA) is 76.3 Å². The van der Waals surface area contributed by atoms with Crippen LogP contribution in [0.15, 0.2) is 29.3 Å². The number of aryl methyl sites for hydroxylation is 1. The van der Waals surface area contributed by atoms with Gasteiger partial charge >= 0.3 is 0 Å². The third-order valence-electron chi connectivity index (χ3n) is 2.52. The van der Waals surface area contributed by atoms with Crippen molar-refractivity contribution in [2.75, 3.05) is 12.4 Å². The number of benzene rings is 1. The average molecular weight is 264 g/mol. The highest BCUT2D eigenvalue weighted by Crippen LogP contribution is 2.33. The number of aliphatic hydroxyl groups is 1. The van der Waals surface area contributed by atoms with Crippen LogP contribution < -0.4 is 0 Å². The number of nitro benzene ring substituents is 1. The van der Waals surface area contributed by atoms with Crippen molar-refractivity contribution < 1.29 is 10.0 Å². The quantitative estimate of drug-likeness (QED) is 0.521. The number of rotatable bonds is 4. The van der Waals surface area contributed by atoms with E-state index in [1.165, 1.54) is 24.0 Å². The molecule has 6 heteroatoms. The zero-order chi connectivity index (χ0) is 13.1. The fourth-order valence-electron chi connectivity index (χ4n) is 1.74. The molecule has 94 valence electrons. The summed E-state index contributed by atoms with van der Waals surface area (Å²) in [6.07, 6.45) is 1.53. The smallest absolute Gasteiger partial charge is 0.278 e. The van der Waals surface area contributed by atoms with Crippen molar-refractivity contribution in [3.8, 4) is 0 Å². The first-order chi connectivity index (χ1) is 8.63. The largest absolute Gasteiger partial charge is 0.396 e. The molecule has 0 unspecified atom stereocenters. The Balaban J connectivity index is 2.63. The Hall–Kier alpha value is -1.66. The van der Waals surface area contributed by atoms with E-state index in [-0.39, 0.29) is 12.3 Å². The molecule has 0 aliphatic rings. The van der Waals surface area contributed by atoms with Gasteiger partial charge in [-0.3, -0.25) is 15.1 Å². The number of fused-ring (bicyclic) bond motifs is 1. The van der Waals surface area contributed by atoms with Crippen molar-refractivity contribution in [1.82, 2.24) is 4.98 Å². The third-order valence-corrected chi connectivity index (χ3v) is 3.57. The summed E-state index contributed by atoms with van der Waals surface area (Å²) in [4.78, 5) is 15.6. The predicted molar refractivity (Wildman–Crippen MR) is 70.9 cm³/mol. The van der Waals surface area contributed by atoms with E-state index in [0.29, 0.717) is 11.1 Å². The maximum atomic E-state index is 11.0. The number of nitro groups is 1.